The molecule has 1 aliphatic heterocycles. The van der Waals surface area contributed by atoms with Crippen LogP contribution in [0.15, 0.2) is 5.28 Å². The molecule has 8 nitrogen and oxygen atoms in total. The number of hydrazine groups is 1. The summed E-state index contributed by atoms with van der Waals surface area (Å²) in [4.78, 5) is 1.95. The summed E-state index contributed by atoms with van der Waals surface area (Å²) in [6.07, 6.45) is -0.760. The topological polar surface area (TPSA) is 108 Å². The maximum absolute atomic E-state index is 10.8. The molecule has 88 valence electrons. The predicted molar refractivity (Wildman–Crippen MR) is 50.5 cm³/mol. The van der Waals surface area contributed by atoms with Crippen LogP contribution in [0.3, 0.4) is 0 Å². The molecule has 2 N–H and O–H groups in total. The zero-order valence-corrected chi connectivity index (χ0v) is 11.3. The Kier molecular flexibility index (Phi) is 7.98. The van der Waals surface area contributed by atoms with E-state index in [1.807, 2.05) is 4.90 Å². The average molecular weight is 242 g/mol. The van der Waals surface area contributed by atoms with E-state index in [2.05, 4.69) is 5.28 Å². The first-order valence-corrected chi connectivity index (χ1v) is 4.74. The van der Waals surface area contributed by atoms with Gasteiger partial charge in [-0.15, -0.1) is 5.01 Å². The van der Waals surface area contributed by atoms with Crippen molar-refractivity contribution in [1.82, 2.24) is 9.91 Å². The molecule has 0 aromatic heterocycles. The maximum atomic E-state index is 10.8. The first-order valence-electron chi connectivity index (χ1n) is 4.74. The quantitative estimate of drug-likeness (QED) is 0.222. The van der Waals surface area contributed by atoms with Crippen LogP contribution in [0.4, 0.5) is 0 Å². The van der Waals surface area contributed by atoms with Crippen LogP contribution >= 0.6 is 0 Å². The first kappa shape index (κ1) is 15.9. The predicted octanol–water partition coefficient (Wildman–Crippen LogP) is -4.66. The summed E-state index contributed by atoms with van der Waals surface area (Å²) in [5, 5.41) is 42.1. The zero-order chi connectivity index (χ0) is 11.3. The number of aliphatic hydroxyl groups is 2. The van der Waals surface area contributed by atoms with E-state index in [4.69, 9.17) is 5.11 Å². The van der Waals surface area contributed by atoms with Crippen LogP contribution in [0, 0.1) is 10.4 Å². The van der Waals surface area contributed by atoms with Gasteiger partial charge in [0.15, 0.2) is 0 Å². The molecular formula is C7H15N4NaO4. The van der Waals surface area contributed by atoms with Crippen molar-refractivity contribution in [3.8, 4) is 0 Å². The second-order valence-electron chi connectivity index (χ2n) is 3.43. The largest absolute Gasteiger partial charge is 1.00 e. The molecule has 0 spiro atoms. The SMILES string of the molecule is [Na+].[O-]N=[N+]([O-])N1CCN(CC(O)CO)CC1. The molecule has 0 aromatic carbocycles. The Morgan fingerprint density at radius 2 is 1.88 bits per heavy atom. The molecule has 9 heteroatoms. The van der Waals surface area contributed by atoms with Crippen molar-refractivity contribution in [3.05, 3.63) is 10.4 Å². The van der Waals surface area contributed by atoms with Crippen molar-refractivity contribution in [2.45, 2.75) is 6.10 Å². The molecule has 1 atom stereocenters. The zero-order valence-electron chi connectivity index (χ0n) is 9.32. The van der Waals surface area contributed by atoms with Crippen LogP contribution in [0.25, 0.3) is 0 Å². The van der Waals surface area contributed by atoms with Crippen molar-refractivity contribution in [2.75, 3.05) is 39.3 Å². The molecule has 1 heterocycles. The van der Waals surface area contributed by atoms with Crippen LogP contribution < -0.4 is 29.6 Å². The van der Waals surface area contributed by atoms with Gasteiger partial charge in [-0.2, -0.15) is 0 Å². The van der Waals surface area contributed by atoms with Crippen molar-refractivity contribution in [1.29, 1.82) is 0 Å². The second-order valence-corrected chi connectivity index (χ2v) is 3.43. The molecule has 1 saturated heterocycles. The molecule has 16 heavy (non-hydrogen) atoms. The van der Waals surface area contributed by atoms with Crippen molar-refractivity contribution >= 4 is 0 Å². The van der Waals surface area contributed by atoms with Crippen LogP contribution in [0.2, 0.25) is 0 Å². The van der Waals surface area contributed by atoms with Gasteiger partial charge < -0.3 is 20.6 Å². The minimum Gasteiger partial charge on any atom is -0.737 e. The molecule has 0 saturated carbocycles. The van der Waals surface area contributed by atoms with Crippen molar-refractivity contribution < 1.29 is 44.7 Å². The third-order valence-corrected chi connectivity index (χ3v) is 2.34. The van der Waals surface area contributed by atoms with Gasteiger partial charge in [0.2, 0.25) is 0 Å². The third-order valence-electron chi connectivity index (χ3n) is 2.34. The Balaban J connectivity index is 0.00000225. The summed E-state index contributed by atoms with van der Waals surface area (Å²) in [5.74, 6) is 0. The molecule has 0 aliphatic carbocycles. The van der Waals surface area contributed by atoms with Gasteiger partial charge in [-0.1, -0.05) is 0 Å². The van der Waals surface area contributed by atoms with E-state index in [1.165, 1.54) is 5.01 Å². The van der Waals surface area contributed by atoms with E-state index in [0.717, 1.165) is 0 Å². The number of β-amino-alcohol motifs (C(OH)–C–C–N with tert-alkyl or cyclic N) is 1. The summed E-state index contributed by atoms with van der Waals surface area (Å²) in [6, 6.07) is 0. The fourth-order valence-corrected chi connectivity index (χ4v) is 1.50. The van der Waals surface area contributed by atoms with E-state index < -0.39 is 6.10 Å². The van der Waals surface area contributed by atoms with Gasteiger partial charge in [0, 0.05) is 24.6 Å². The summed E-state index contributed by atoms with van der Waals surface area (Å²) in [7, 11) is 0. The fourth-order valence-electron chi connectivity index (χ4n) is 1.50. The number of aliphatic hydroxyl groups excluding tert-OH is 2. The normalized spacial score (nSPS) is 20.4. The monoisotopic (exact) mass is 242 g/mol. The molecule has 0 aromatic rings. The summed E-state index contributed by atoms with van der Waals surface area (Å²) < 4.78 is 0. The Hall–Kier alpha value is -0.120. The van der Waals surface area contributed by atoms with Gasteiger partial charge in [-0.3, -0.25) is 4.90 Å². The summed E-state index contributed by atoms with van der Waals surface area (Å²) in [5.41, 5.74) is 0. The van der Waals surface area contributed by atoms with Gasteiger partial charge in [0.25, 0.3) is 0 Å². The Labute approximate surface area is 116 Å². The third kappa shape index (κ3) is 4.81. The summed E-state index contributed by atoms with van der Waals surface area (Å²) >= 11 is 0. The Morgan fingerprint density at radius 1 is 1.31 bits per heavy atom. The average Bonchev–Trinajstić information content (AvgIpc) is 2.29. The molecule has 0 bridgehead atoms. The molecule has 1 aliphatic rings. The molecule has 1 rings (SSSR count). The van der Waals surface area contributed by atoms with E-state index in [9.17, 15) is 15.5 Å². The smallest absolute Gasteiger partial charge is 0.737 e. The molecule has 1 fully saturated rings. The maximum Gasteiger partial charge on any atom is 1.00 e. The number of piperazine rings is 1. The van der Waals surface area contributed by atoms with E-state index in [0.29, 0.717) is 32.7 Å². The van der Waals surface area contributed by atoms with Gasteiger partial charge in [0.05, 0.1) is 25.8 Å². The second kappa shape index (κ2) is 8.04. The number of hydrogen-bond donors (Lipinski definition) is 2. The van der Waals surface area contributed by atoms with Gasteiger partial charge in [0.1, 0.15) is 0 Å². The van der Waals surface area contributed by atoms with Crippen LogP contribution in [0.5, 0.6) is 0 Å². The molecule has 1 unspecified atom stereocenters. The van der Waals surface area contributed by atoms with Gasteiger partial charge in [-0.05, 0) is 5.28 Å². The minimum absolute atomic E-state index is 0. The Bertz CT molecular complexity index is 222. The molecule has 0 radical (unpaired) electrons. The minimum atomic E-state index is -0.760. The standard InChI is InChI=1S/C7H16N4O4.Na/c12-6-7(13)5-9-1-3-10(4-2-9)11(15)8-14;/h7,12-14H,1-6H2;/q;+1/p-1. The van der Waals surface area contributed by atoms with Crippen LogP contribution in [-0.2, 0) is 0 Å². The van der Waals surface area contributed by atoms with Crippen LogP contribution in [-0.4, -0.2) is 70.5 Å². The molecule has 0 amide bonds. The van der Waals surface area contributed by atoms with Crippen LogP contribution in [0.1, 0.15) is 0 Å². The van der Waals surface area contributed by atoms with Crippen molar-refractivity contribution in [2.24, 2.45) is 5.28 Å². The van der Waals surface area contributed by atoms with Gasteiger partial charge in [-0.25, -0.2) is 0 Å². The van der Waals surface area contributed by atoms with E-state index in [-0.39, 0.29) is 41.1 Å². The fraction of sp³-hybridized carbons (Fsp3) is 1.00. The first-order chi connectivity index (χ1) is 7.17. The Morgan fingerprint density at radius 3 is 2.31 bits per heavy atom. The number of rotatable bonds is 4. The van der Waals surface area contributed by atoms with Gasteiger partial charge >= 0.3 is 29.6 Å². The number of nitrogens with zero attached hydrogens (tertiary/aromatic N) is 4. The van der Waals surface area contributed by atoms with E-state index in [1.54, 1.807) is 0 Å². The molecular weight excluding hydrogens is 227 g/mol. The number of hydrogen-bond acceptors (Lipinski definition) is 6. The van der Waals surface area contributed by atoms with Crippen molar-refractivity contribution in [3.63, 3.8) is 0 Å². The summed E-state index contributed by atoms with van der Waals surface area (Å²) in [6.45, 7) is 2.01. The van der Waals surface area contributed by atoms with E-state index >= 15 is 0 Å².